The summed E-state index contributed by atoms with van der Waals surface area (Å²) in [6, 6.07) is 13.7. The van der Waals surface area contributed by atoms with Gasteiger partial charge in [0.25, 0.3) is 5.91 Å². The lowest BCUT2D eigenvalue weighted by molar-refractivity contribution is 0.102. The first-order valence-corrected chi connectivity index (χ1v) is 10.0. The van der Waals surface area contributed by atoms with Gasteiger partial charge < -0.3 is 15.5 Å². The molecule has 0 bridgehead atoms. The van der Waals surface area contributed by atoms with Crippen molar-refractivity contribution in [2.45, 2.75) is 26.7 Å². The highest BCUT2D eigenvalue weighted by atomic mass is 19.1. The summed E-state index contributed by atoms with van der Waals surface area (Å²) in [5.41, 5.74) is 2.27. The Hall–Kier alpha value is -3.48. The van der Waals surface area contributed by atoms with Crippen LogP contribution in [0.3, 0.4) is 0 Å². The van der Waals surface area contributed by atoms with E-state index in [2.05, 4.69) is 25.5 Å². The number of rotatable bonds is 5. The summed E-state index contributed by atoms with van der Waals surface area (Å²) in [4.78, 5) is 23.6. The van der Waals surface area contributed by atoms with Crippen molar-refractivity contribution in [3.05, 3.63) is 71.3 Å². The van der Waals surface area contributed by atoms with Crippen LogP contribution >= 0.6 is 0 Å². The monoisotopic (exact) mass is 405 g/mol. The third-order valence-electron chi connectivity index (χ3n) is 5.10. The number of carbonyl (C=O) groups excluding carboxylic acids is 1. The van der Waals surface area contributed by atoms with Gasteiger partial charge in [-0.3, -0.25) is 4.79 Å². The molecule has 1 aromatic heterocycles. The number of carbonyl (C=O) groups is 1. The molecule has 0 saturated carbocycles. The first-order valence-electron chi connectivity index (χ1n) is 10.0. The lowest BCUT2D eigenvalue weighted by atomic mass is 10.1. The van der Waals surface area contributed by atoms with Gasteiger partial charge in [0, 0.05) is 36.1 Å². The summed E-state index contributed by atoms with van der Waals surface area (Å²) >= 11 is 0. The molecule has 1 fully saturated rings. The van der Waals surface area contributed by atoms with Gasteiger partial charge in [0.05, 0.1) is 0 Å². The lowest BCUT2D eigenvalue weighted by Gasteiger charge is -2.18. The van der Waals surface area contributed by atoms with Crippen LogP contribution in [0.5, 0.6) is 0 Å². The number of hydrogen-bond acceptors (Lipinski definition) is 5. The van der Waals surface area contributed by atoms with Crippen molar-refractivity contribution in [3.63, 3.8) is 0 Å². The van der Waals surface area contributed by atoms with Crippen molar-refractivity contribution in [1.82, 2.24) is 9.97 Å². The number of hydrogen-bond donors (Lipinski definition) is 2. The van der Waals surface area contributed by atoms with Gasteiger partial charge in [0.1, 0.15) is 23.3 Å². The highest BCUT2D eigenvalue weighted by Gasteiger charge is 2.15. The second-order valence-corrected chi connectivity index (χ2v) is 7.47. The van der Waals surface area contributed by atoms with Crippen molar-refractivity contribution in [1.29, 1.82) is 0 Å². The predicted octanol–water partition coefficient (Wildman–Crippen LogP) is 4.83. The van der Waals surface area contributed by atoms with Gasteiger partial charge in [-0.05, 0) is 68.7 Å². The van der Waals surface area contributed by atoms with E-state index in [1.165, 1.54) is 18.9 Å². The van der Waals surface area contributed by atoms with Gasteiger partial charge in [-0.1, -0.05) is 6.07 Å². The fourth-order valence-corrected chi connectivity index (χ4v) is 3.45. The zero-order valence-corrected chi connectivity index (χ0v) is 17.1. The summed E-state index contributed by atoms with van der Waals surface area (Å²) in [7, 11) is 0. The minimum absolute atomic E-state index is 0.284. The summed E-state index contributed by atoms with van der Waals surface area (Å²) in [5.74, 6) is 1.65. The van der Waals surface area contributed by atoms with Crippen LogP contribution in [-0.4, -0.2) is 29.0 Å². The van der Waals surface area contributed by atoms with Crippen molar-refractivity contribution >= 4 is 28.9 Å². The van der Waals surface area contributed by atoms with Gasteiger partial charge >= 0.3 is 0 Å². The maximum atomic E-state index is 13.7. The molecule has 0 spiro atoms. The third-order valence-corrected chi connectivity index (χ3v) is 5.10. The molecule has 1 aliphatic rings. The fourth-order valence-electron chi connectivity index (χ4n) is 3.45. The van der Waals surface area contributed by atoms with Gasteiger partial charge in [0.15, 0.2) is 0 Å². The van der Waals surface area contributed by atoms with Crippen LogP contribution in [-0.2, 0) is 0 Å². The first kappa shape index (κ1) is 19.8. The van der Waals surface area contributed by atoms with Crippen molar-refractivity contribution in [2.24, 2.45) is 0 Å². The largest absolute Gasteiger partial charge is 0.356 e. The summed E-state index contributed by atoms with van der Waals surface area (Å²) in [6.07, 6.45) is 2.38. The molecule has 7 heteroatoms. The van der Waals surface area contributed by atoms with Crippen molar-refractivity contribution in [3.8, 4) is 0 Å². The van der Waals surface area contributed by atoms with E-state index in [4.69, 9.17) is 0 Å². The van der Waals surface area contributed by atoms with E-state index in [0.29, 0.717) is 11.3 Å². The van der Waals surface area contributed by atoms with Gasteiger partial charge in [0.2, 0.25) is 0 Å². The minimum atomic E-state index is -0.393. The topological polar surface area (TPSA) is 70.2 Å². The average molecular weight is 405 g/mol. The van der Waals surface area contributed by atoms with Gasteiger partial charge in [-0.25, -0.2) is 14.4 Å². The molecule has 6 nitrogen and oxygen atoms in total. The number of aromatic nitrogens is 2. The van der Waals surface area contributed by atoms with Crippen LogP contribution in [0.15, 0.2) is 48.5 Å². The molecule has 154 valence electrons. The molecule has 2 heterocycles. The standard InChI is InChI=1S/C23H24FN5O/c1-15-5-6-17(13-20(15)24)23(30)28-19-9-7-18(8-10-19)27-21-14-22(26-16(2)25-21)29-11-3-4-12-29/h5-10,13-14H,3-4,11-12H2,1-2H3,(H,28,30)(H,25,26,27). The Morgan fingerprint density at radius 2 is 1.67 bits per heavy atom. The van der Waals surface area contributed by atoms with E-state index >= 15 is 0 Å². The second-order valence-electron chi connectivity index (χ2n) is 7.47. The van der Waals surface area contributed by atoms with Gasteiger partial charge in [-0.2, -0.15) is 0 Å². The number of aryl methyl sites for hydroxylation is 2. The molecule has 0 aliphatic carbocycles. The average Bonchev–Trinajstić information content (AvgIpc) is 3.26. The van der Waals surface area contributed by atoms with E-state index in [1.807, 2.05) is 25.1 Å². The number of benzene rings is 2. The summed E-state index contributed by atoms with van der Waals surface area (Å²) in [6.45, 7) is 5.59. The Morgan fingerprint density at radius 1 is 0.967 bits per heavy atom. The molecule has 3 aromatic rings. The Bertz CT molecular complexity index is 1060. The number of halogens is 1. The maximum absolute atomic E-state index is 13.7. The van der Waals surface area contributed by atoms with E-state index in [9.17, 15) is 9.18 Å². The number of anilines is 4. The highest BCUT2D eigenvalue weighted by molar-refractivity contribution is 6.04. The number of nitrogens with one attached hydrogen (secondary N) is 2. The normalized spacial score (nSPS) is 13.4. The minimum Gasteiger partial charge on any atom is -0.356 e. The maximum Gasteiger partial charge on any atom is 0.255 e. The van der Waals surface area contributed by atoms with E-state index in [0.717, 1.165) is 36.2 Å². The van der Waals surface area contributed by atoms with Crippen LogP contribution < -0.4 is 15.5 Å². The van der Waals surface area contributed by atoms with Crippen LogP contribution in [0.25, 0.3) is 0 Å². The number of amides is 1. The molecule has 1 saturated heterocycles. The van der Waals surface area contributed by atoms with E-state index in [1.54, 1.807) is 31.2 Å². The smallest absolute Gasteiger partial charge is 0.255 e. The second kappa shape index (κ2) is 8.49. The Balaban J connectivity index is 1.43. The molecule has 2 aromatic carbocycles. The molecule has 1 amide bonds. The first-order chi connectivity index (χ1) is 14.5. The van der Waals surface area contributed by atoms with Crippen LogP contribution in [0.1, 0.15) is 34.6 Å². The molecular formula is C23H24FN5O. The molecule has 0 atom stereocenters. The van der Waals surface area contributed by atoms with E-state index in [-0.39, 0.29) is 11.5 Å². The van der Waals surface area contributed by atoms with Crippen LogP contribution in [0.4, 0.5) is 27.4 Å². The van der Waals surface area contributed by atoms with Gasteiger partial charge in [-0.15, -0.1) is 0 Å². The summed E-state index contributed by atoms with van der Waals surface area (Å²) in [5, 5.41) is 6.08. The SMILES string of the molecule is Cc1nc(Nc2ccc(NC(=O)c3ccc(C)c(F)c3)cc2)cc(N2CCCC2)n1. The molecule has 1 aliphatic heterocycles. The zero-order valence-electron chi connectivity index (χ0n) is 17.1. The quantitative estimate of drug-likeness (QED) is 0.636. The molecule has 30 heavy (non-hydrogen) atoms. The number of nitrogens with zero attached hydrogens (tertiary/aromatic N) is 3. The van der Waals surface area contributed by atoms with Crippen molar-refractivity contribution < 1.29 is 9.18 Å². The molecule has 2 N–H and O–H groups in total. The lowest BCUT2D eigenvalue weighted by Crippen LogP contribution is -2.19. The predicted molar refractivity (Wildman–Crippen MR) is 117 cm³/mol. The highest BCUT2D eigenvalue weighted by Crippen LogP contribution is 2.24. The summed E-state index contributed by atoms with van der Waals surface area (Å²) < 4.78 is 13.7. The third kappa shape index (κ3) is 4.56. The van der Waals surface area contributed by atoms with Crippen molar-refractivity contribution in [2.75, 3.05) is 28.6 Å². The molecular weight excluding hydrogens is 381 g/mol. The molecule has 0 unspecified atom stereocenters. The fraction of sp³-hybridized carbons (Fsp3) is 0.261. The Kier molecular flexibility index (Phi) is 5.61. The Labute approximate surface area is 175 Å². The molecule has 4 rings (SSSR count). The molecule has 0 radical (unpaired) electrons. The Morgan fingerprint density at radius 3 is 2.37 bits per heavy atom. The van der Waals surface area contributed by atoms with Crippen LogP contribution in [0.2, 0.25) is 0 Å². The van der Waals surface area contributed by atoms with E-state index < -0.39 is 5.82 Å². The zero-order chi connectivity index (χ0) is 21.1. The van der Waals surface area contributed by atoms with Crippen LogP contribution in [0, 0.1) is 19.7 Å².